The first kappa shape index (κ1) is 19.8. The van der Waals surface area contributed by atoms with Gasteiger partial charge in [-0.25, -0.2) is 0 Å². The third-order valence-corrected chi connectivity index (χ3v) is 5.49. The van der Waals surface area contributed by atoms with Crippen molar-refractivity contribution in [3.63, 3.8) is 0 Å². The molecule has 2 heterocycles. The van der Waals surface area contributed by atoms with Gasteiger partial charge in [0.05, 0.1) is 22.1 Å². The van der Waals surface area contributed by atoms with Gasteiger partial charge < -0.3 is 14.6 Å². The molecule has 0 saturated heterocycles. The highest BCUT2D eigenvalue weighted by Gasteiger charge is 2.17. The fraction of sp³-hybridized carbons (Fsp3) is 0.316. The van der Waals surface area contributed by atoms with Crippen LogP contribution in [0.2, 0.25) is 5.02 Å². The average molecular weight is 421 g/mol. The SMILES string of the molecule is CCCN(Cc1nnc(-c2cccs2)o1)C(=S)Nc1c(C)cc(C)cc1Cl. The first-order valence-corrected chi connectivity index (χ1v) is 10.3. The summed E-state index contributed by atoms with van der Waals surface area (Å²) < 4.78 is 5.80. The molecule has 0 unspecified atom stereocenters. The van der Waals surface area contributed by atoms with E-state index in [9.17, 15) is 0 Å². The van der Waals surface area contributed by atoms with Crippen LogP contribution in [0.5, 0.6) is 0 Å². The van der Waals surface area contributed by atoms with Crippen LogP contribution in [0.1, 0.15) is 30.4 Å². The highest BCUT2D eigenvalue weighted by Crippen LogP contribution is 2.28. The van der Waals surface area contributed by atoms with E-state index >= 15 is 0 Å². The highest BCUT2D eigenvalue weighted by molar-refractivity contribution is 7.80. The zero-order valence-electron chi connectivity index (χ0n) is 15.5. The van der Waals surface area contributed by atoms with Crippen molar-refractivity contribution >= 4 is 46.0 Å². The van der Waals surface area contributed by atoms with Crippen LogP contribution in [0.15, 0.2) is 34.1 Å². The first-order valence-electron chi connectivity index (χ1n) is 8.67. The van der Waals surface area contributed by atoms with E-state index in [1.807, 2.05) is 42.3 Å². The van der Waals surface area contributed by atoms with Crippen molar-refractivity contribution in [3.8, 4) is 10.8 Å². The van der Waals surface area contributed by atoms with Crippen molar-refractivity contribution in [2.45, 2.75) is 33.7 Å². The fourth-order valence-corrected chi connectivity index (χ4v) is 4.03. The van der Waals surface area contributed by atoms with Crippen molar-refractivity contribution in [1.29, 1.82) is 0 Å². The van der Waals surface area contributed by atoms with E-state index in [0.717, 1.165) is 34.7 Å². The fourth-order valence-electron chi connectivity index (χ4n) is 2.76. The number of thiocarbonyl (C=S) groups is 1. The minimum absolute atomic E-state index is 0.445. The molecule has 3 rings (SSSR count). The number of thiophene rings is 1. The molecular weight excluding hydrogens is 400 g/mol. The van der Waals surface area contributed by atoms with Crippen LogP contribution in [0, 0.1) is 13.8 Å². The summed E-state index contributed by atoms with van der Waals surface area (Å²) in [7, 11) is 0. The highest BCUT2D eigenvalue weighted by atomic mass is 35.5. The Morgan fingerprint density at radius 2 is 2.15 bits per heavy atom. The summed E-state index contributed by atoms with van der Waals surface area (Å²) in [5, 5.41) is 14.8. The molecule has 0 aliphatic heterocycles. The monoisotopic (exact) mass is 420 g/mol. The molecule has 0 spiro atoms. The van der Waals surface area contributed by atoms with E-state index in [4.69, 9.17) is 28.2 Å². The molecule has 1 aromatic carbocycles. The van der Waals surface area contributed by atoms with E-state index in [2.05, 4.69) is 28.5 Å². The number of hydrogen-bond acceptors (Lipinski definition) is 5. The number of halogens is 1. The lowest BCUT2D eigenvalue weighted by Gasteiger charge is -2.25. The molecule has 5 nitrogen and oxygen atoms in total. The molecular formula is C19H21ClN4OS2. The number of hydrogen-bond donors (Lipinski definition) is 1. The summed E-state index contributed by atoms with van der Waals surface area (Å²) in [6.45, 7) is 7.35. The first-order chi connectivity index (χ1) is 13.0. The Bertz CT molecular complexity index is 901. The Morgan fingerprint density at radius 3 is 2.81 bits per heavy atom. The number of nitrogens with one attached hydrogen (secondary N) is 1. The van der Waals surface area contributed by atoms with Crippen LogP contribution in [0.25, 0.3) is 10.8 Å². The van der Waals surface area contributed by atoms with Gasteiger partial charge in [0.1, 0.15) is 0 Å². The van der Waals surface area contributed by atoms with Gasteiger partial charge in [-0.15, -0.1) is 21.5 Å². The summed E-state index contributed by atoms with van der Waals surface area (Å²) in [6, 6.07) is 7.92. The summed E-state index contributed by atoms with van der Waals surface area (Å²) in [5.74, 6) is 1.07. The molecule has 0 bridgehead atoms. The van der Waals surface area contributed by atoms with Gasteiger partial charge in [0.15, 0.2) is 5.11 Å². The van der Waals surface area contributed by atoms with Gasteiger partial charge >= 0.3 is 0 Å². The van der Waals surface area contributed by atoms with E-state index in [-0.39, 0.29) is 0 Å². The van der Waals surface area contributed by atoms with Crippen LogP contribution in [0.4, 0.5) is 5.69 Å². The lowest BCUT2D eigenvalue weighted by atomic mass is 10.1. The van der Waals surface area contributed by atoms with Gasteiger partial charge in [0, 0.05) is 6.54 Å². The normalized spacial score (nSPS) is 10.8. The minimum atomic E-state index is 0.445. The van der Waals surface area contributed by atoms with Gasteiger partial charge in [-0.05, 0) is 61.1 Å². The Kier molecular flexibility index (Phi) is 6.46. The Labute approximate surface area is 173 Å². The van der Waals surface area contributed by atoms with Gasteiger partial charge in [0.25, 0.3) is 5.89 Å². The topological polar surface area (TPSA) is 54.2 Å². The van der Waals surface area contributed by atoms with Crippen LogP contribution in [0.3, 0.4) is 0 Å². The number of benzene rings is 1. The molecule has 0 saturated carbocycles. The standard InChI is InChI=1S/C19H21ClN4OS2/c1-4-7-24(11-16-22-23-18(25-16)15-6-5-8-27-15)19(26)21-17-13(3)9-12(2)10-14(17)20/h5-6,8-10H,4,7,11H2,1-3H3,(H,21,26). The zero-order chi connectivity index (χ0) is 19.4. The van der Waals surface area contributed by atoms with Crippen molar-refractivity contribution in [2.75, 3.05) is 11.9 Å². The summed E-state index contributed by atoms with van der Waals surface area (Å²) in [4.78, 5) is 2.97. The molecule has 8 heteroatoms. The Morgan fingerprint density at radius 1 is 1.33 bits per heavy atom. The molecule has 1 N–H and O–H groups in total. The molecule has 0 radical (unpaired) electrons. The van der Waals surface area contributed by atoms with Crippen molar-refractivity contribution in [1.82, 2.24) is 15.1 Å². The Hall–Kier alpha value is -1.96. The van der Waals surface area contributed by atoms with Crippen LogP contribution in [-0.2, 0) is 6.54 Å². The van der Waals surface area contributed by atoms with E-state index in [0.29, 0.717) is 28.5 Å². The van der Waals surface area contributed by atoms with Crippen LogP contribution < -0.4 is 5.32 Å². The average Bonchev–Trinajstić information content (AvgIpc) is 3.28. The third-order valence-electron chi connectivity index (χ3n) is 3.97. The second kappa shape index (κ2) is 8.82. The number of anilines is 1. The van der Waals surface area contributed by atoms with E-state index in [1.165, 1.54) is 0 Å². The van der Waals surface area contributed by atoms with Gasteiger partial charge in [0.2, 0.25) is 5.89 Å². The van der Waals surface area contributed by atoms with Crippen LogP contribution in [-0.4, -0.2) is 26.8 Å². The molecule has 0 fully saturated rings. The molecule has 142 valence electrons. The molecule has 0 amide bonds. The summed E-state index contributed by atoms with van der Waals surface area (Å²) >= 11 is 13.6. The summed E-state index contributed by atoms with van der Waals surface area (Å²) in [5.41, 5.74) is 3.00. The number of nitrogens with zero attached hydrogens (tertiary/aromatic N) is 3. The van der Waals surface area contributed by atoms with Crippen molar-refractivity contribution in [2.24, 2.45) is 0 Å². The lowest BCUT2D eigenvalue weighted by molar-refractivity contribution is 0.359. The van der Waals surface area contributed by atoms with E-state index < -0.39 is 0 Å². The second-order valence-electron chi connectivity index (χ2n) is 6.27. The zero-order valence-corrected chi connectivity index (χ0v) is 17.8. The van der Waals surface area contributed by atoms with Gasteiger partial charge in [-0.3, -0.25) is 0 Å². The van der Waals surface area contributed by atoms with Crippen molar-refractivity contribution in [3.05, 3.63) is 51.7 Å². The predicted molar refractivity (Wildman–Crippen MR) is 115 cm³/mol. The number of rotatable bonds is 6. The third kappa shape index (κ3) is 4.86. The quantitative estimate of drug-likeness (QED) is 0.518. The second-order valence-corrected chi connectivity index (χ2v) is 8.01. The van der Waals surface area contributed by atoms with Gasteiger partial charge in [-0.1, -0.05) is 30.7 Å². The maximum absolute atomic E-state index is 6.40. The minimum Gasteiger partial charge on any atom is -0.418 e. The number of aromatic nitrogens is 2. The smallest absolute Gasteiger partial charge is 0.257 e. The summed E-state index contributed by atoms with van der Waals surface area (Å²) in [6.07, 6.45) is 0.939. The maximum Gasteiger partial charge on any atom is 0.257 e. The largest absolute Gasteiger partial charge is 0.418 e. The van der Waals surface area contributed by atoms with Crippen LogP contribution >= 0.6 is 35.2 Å². The maximum atomic E-state index is 6.40. The molecule has 3 aromatic rings. The predicted octanol–water partition coefficient (Wildman–Crippen LogP) is 5.68. The Balaban J connectivity index is 1.74. The molecule has 0 aliphatic rings. The molecule has 27 heavy (non-hydrogen) atoms. The molecule has 0 atom stereocenters. The van der Waals surface area contributed by atoms with Gasteiger partial charge in [-0.2, -0.15) is 0 Å². The molecule has 0 aliphatic carbocycles. The van der Waals surface area contributed by atoms with E-state index in [1.54, 1.807) is 11.3 Å². The molecule has 2 aromatic heterocycles. The lowest BCUT2D eigenvalue weighted by Crippen LogP contribution is -2.35. The van der Waals surface area contributed by atoms with Crippen molar-refractivity contribution < 1.29 is 4.42 Å². The number of aryl methyl sites for hydroxylation is 2.